The maximum atomic E-state index is 12.4. The Hall–Kier alpha value is -2.78. The maximum Gasteiger partial charge on any atom is 0.306 e. The van der Waals surface area contributed by atoms with Gasteiger partial charge in [-0.25, -0.2) is 9.50 Å². The van der Waals surface area contributed by atoms with Crippen LogP contribution < -0.4 is 5.73 Å². The van der Waals surface area contributed by atoms with Crippen LogP contribution in [0.1, 0.15) is 31.4 Å². The molecule has 2 unspecified atom stereocenters. The molecule has 2 aromatic heterocycles. The largest absolute Gasteiger partial charge is 0.463 e. The summed E-state index contributed by atoms with van der Waals surface area (Å²) in [4.78, 5) is 18.4. The van der Waals surface area contributed by atoms with Crippen molar-refractivity contribution in [2.45, 2.75) is 55.6 Å². The fourth-order valence-electron chi connectivity index (χ4n) is 4.72. The first-order chi connectivity index (χ1) is 15.3. The third kappa shape index (κ3) is 3.80. The van der Waals surface area contributed by atoms with Crippen molar-refractivity contribution in [3.05, 3.63) is 24.2 Å². The summed E-state index contributed by atoms with van der Waals surface area (Å²) >= 11 is 0. The second-order valence-corrected chi connectivity index (χ2v) is 8.78. The highest BCUT2D eigenvalue weighted by Gasteiger charge is 2.57. The number of nitrogen functional groups attached to an aromatic ring is 1. The van der Waals surface area contributed by atoms with E-state index in [-0.39, 0.29) is 30.0 Å². The second-order valence-electron chi connectivity index (χ2n) is 8.78. The minimum absolute atomic E-state index is 0.196. The minimum atomic E-state index is -1.91. The zero-order chi connectivity index (χ0) is 23.0. The molecule has 172 valence electrons. The number of ether oxygens (including phenoxy) is 2. The highest BCUT2D eigenvalue weighted by atomic mass is 16.6. The van der Waals surface area contributed by atoms with Crippen LogP contribution in [-0.4, -0.2) is 80.7 Å². The standard InChI is InChI=1S/C21H28N6O5/c1-26(2)13-4-3-12(7-13)8-17(28)31-9-15-18(29)19(30)21(10-22,32-15)16-6-5-14-20(23)24-11-25-27(14)16/h5-6,11-13,15,18-19,29-30H,3-4,7-9H2,1-2H3,(H2,23,24,25)/t12?,13?,15-,18-,19-,21+/m1/s1. The molecule has 1 aliphatic heterocycles. The first-order valence-electron chi connectivity index (χ1n) is 10.6. The van der Waals surface area contributed by atoms with Gasteiger partial charge in [0.25, 0.3) is 0 Å². The molecule has 32 heavy (non-hydrogen) atoms. The van der Waals surface area contributed by atoms with E-state index in [4.69, 9.17) is 15.2 Å². The molecule has 0 bridgehead atoms. The van der Waals surface area contributed by atoms with Crippen LogP contribution in [0.2, 0.25) is 0 Å². The van der Waals surface area contributed by atoms with Gasteiger partial charge in [0.15, 0.2) is 5.82 Å². The first-order valence-corrected chi connectivity index (χ1v) is 10.6. The number of carbonyl (C=O) groups excluding carboxylic acids is 1. The van der Waals surface area contributed by atoms with E-state index in [0.717, 1.165) is 19.3 Å². The molecule has 4 rings (SSSR count). The number of fused-ring (bicyclic) bond motifs is 1. The van der Waals surface area contributed by atoms with Gasteiger partial charge in [0.1, 0.15) is 42.8 Å². The molecular formula is C21H28N6O5. The Balaban J connectivity index is 1.44. The van der Waals surface area contributed by atoms with Gasteiger partial charge in [0.05, 0.1) is 5.69 Å². The molecule has 6 atom stereocenters. The predicted octanol–water partition coefficient (Wildman–Crippen LogP) is -0.185. The normalized spacial score (nSPS) is 32.4. The van der Waals surface area contributed by atoms with Crippen molar-refractivity contribution in [1.29, 1.82) is 5.26 Å². The molecule has 1 aliphatic carbocycles. The van der Waals surface area contributed by atoms with Gasteiger partial charge >= 0.3 is 5.97 Å². The number of carbonyl (C=O) groups is 1. The Morgan fingerprint density at radius 1 is 1.44 bits per heavy atom. The van der Waals surface area contributed by atoms with Crippen molar-refractivity contribution in [2.75, 3.05) is 26.4 Å². The zero-order valence-electron chi connectivity index (χ0n) is 18.1. The Kier molecular flexibility index (Phi) is 6.05. The number of hydrogen-bond donors (Lipinski definition) is 3. The number of aliphatic hydroxyl groups is 2. The number of esters is 1. The van der Waals surface area contributed by atoms with E-state index in [2.05, 4.69) is 15.0 Å². The monoisotopic (exact) mass is 444 g/mol. The summed E-state index contributed by atoms with van der Waals surface area (Å²) in [5, 5.41) is 35.3. The van der Waals surface area contributed by atoms with Crippen molar-refractivity contribution < 1.29 is 24.5 Å². The van der Waals surface area contributed by atoms with Crippen molar-refractivity contribution in [3.8, 4) is 6.07 Å². The van der Waals surface area contributed by atoms with Crippen molar-refractivity contribution in [3.63, 3.8) is 0 Å². The number of anilines is 1. The van der Waals surface area contributed by atoms with Gasteiger partial charge in [-0.1, -0.05) is 0 Å². The summed E-state index contributed by atoms with van der Waals surface area (Å²) in [6, 6.07) is 5.57. The van der Waals surface area contributed by atoms with E-state index in [1.54, 1.807) is 6.07 Å². The molecule has 2 aliphatic rings. The summed E-state index contributed by atoms with van der Waals surface area (Å²) in [6.07, 6.45) is 0.368. The van der Waals surface area contributed by atoms with E-state index >= 15 is 0 Å². The van der Waals surface area contributed by atoms with Gasteiger partial charge in [-0.15, -0.1) is 0 Å². The molecular weight excluding hydrogens is 416 g/mol. The summed E-state index contributed by atoms with van der Waals surface area (Å²) in [6.45, 7) is -0.273. The van der Waals surface area contributed by atoms with Crippen LogP contribution in [0.5, 0.6) is 0 Å². The number of rotatable bonds is 6. The van der Waals surface area contributed by atoms with Crippen molar-refractivity contribution >= 4 is 17.3 Å². The van der Waals surface area contributed by atoms with Gasteiger partial charge in [0.2, 0.25) is 5.60 Å². The Labute approximate surface area is 185 Å². The average Bonchev–Trinajstić information content (AvgIpc) is 3.46. The van der Waals surface area contributed by atoms with Crippen molar-refractivity contribution in [2.24, 2.45) is 5.92 Å². The van der Waals surface area contributed by atoms with E-state index in [1.165, 1.54) is 16.9 Å². The molecule has 1 saturated heterocycles. The smallest absolute Gasteiger partial charge is 0.306 e. The highest BCUT2D eigenvalue weighted by Crippen LogP contribution is 2.40. The number of hydrogen-bond acceptors (Lipinski definition) is 10. The lowest BCUT2D eigenvalue weighted by molar-refractivity contribution is -0.151. The lowest BCUT2D eigenvalue weighted by Crippen LogP contribution is -2.41. The maximum absolute atomic E-state index is 12.4. The molecule has 2 aromatic rings. The molecule has 0 aromatic carbocycles. The lowest BCUT2D eigenvalue weighted by atomic mass is 9.92. The fraction of sp³-hybridized carbons (Fsp3) is 0.619. The number of nitrogens with zero attached hydrogens (tertiary/aromatic N) is 5. The molecule has 11 nitrogen and oxygen atoms in total. The van der Waals surface area contributed by atoms with E-state index in [0.29, 0.717) is 18.0 Å². The van der Waals surface area contributed by atoms with Gasteiger partial charge in [-0.3, -0.25) is 4.79 Å². The first kappa shape index (κ1) is 22.4. The van der Waals surface area contributed by atoms with Crippen LogP contribution in [0.15, 0.2) is 18.5 Å². The quantitative estimate of drug-likeness (QED) is 0.510. The summed E-state index contributed by atoms with van der Waals surface area (Å²) in [7, 11) is 4.07. The number of nitriles is 1. The van der Waals surface area contributed by atoms with Crippen LogP contribution in [0.3, 0.4) is 0 Å². The highest BCUT2D eigenvalue weighted by molar-refractivity contribution is 5.69. The van der Waals surface area contributed by atoms with Gasteiger partial charge in [0, 0.05) is 12.5 Å². The van der Waals surface area contributed by atoms with Crippen LogP contribution >= 0.6 is 0 Å². The summed E-state index contributed by atoms with van der Waals surface area (Å²) < 4.78 is 12.5. The predicted molar refractivity (Wildman–Crippen MR) is 112 cm³/mol. The number of aliphatic hydroxyl groups excluding tert-OH is 2. The molecule has 3 heterocycles. The van der Waals surface area contributed by atoms with E-state index < -0.39 is 23.9 Å². The SMILES string of the molecule is CN(C)C1CCC(CC(=O)OC[C@H]2O[C@@](C#N)(c3ccc4c(N)ncnn34)[C@H](O)[C@@H]2O)C1. The minimum Gasteiger partial charge on any atom is -0.463 e. The Bertz CT molecular complexity index is 1040. The third-order valence-corrected chi connectivity index (χ3v) is 6.59. The molecule has 4 N–H and O–H groups in total. The molecule has 0 spiro atoms. The van der Waals surface area contributed by atoms with Crippen molar-refractivity contribution in [1.82, 2.24) is 19.5 Å². The van der Waals surface area contributed by atoms with Crippen LogP contribution in [0.4, 0.5) is 5.82 Å². The Morgan fingerprint density at radius 2 is 2.22 bits per heavy atom. The topological polar surface area (TPSA) is 159 Å². The third-order valence-electron chi connectivity index (χ3n) is 6.59. The fourth-order valence-corrected chi connectivity index (χ4v) is 4.72. The lowest BCUT2D eigenvalue weighted by Gasteiger charge is -2.24. The molecule has 0 radical (unpaired) electrons. The Morgan fingerprint density at radius 3 is 2.91 bits per heavy atom. The molecule has 11 heteroatoms. The average molecular weight is 444 g/mol. The number of nitrogens with two attached hydrogens (primary N) is 1. The van der Waals surface area contributed by atoms with Crippen LogP contribution in [0.25, 0.3) is 5.52 Å². The van der Waals surface area contributed by atoms with E-state index in [1.807, 2.05) is 20.2 Å². The van der Waals surface area contributed by atoms with E-state index in [9.17, 15) is 20.3 Å². The van der Waals surface area contributed by atoms with Crippen LogP contribution in [-0.2, 0) is 19.9 Å². The van der Waals surface area contributed by atoms with Gasteiger partial charge < -0.3 is 30.3 Å². The summed E-state index contributed by atoms with van der Waals surface area (Å²) in [5.41, 5.74) is 4.57. The van der Waals surface area contributed by atoms with Gasteiger partial charge in [-0.2, -0.15) is 10.4 Å². The van der Waals surface area contributed by atoms with Gasteiger partial charge in [-0.05, 0) is 51.4 Å². The van der Waals surface area contributed by atoms with Crippen LogP contribution in [0, 0.1) is 17.2 Å². The molecule has 0 amide bonds. The second kappa shape index (κ2) is 8.63. The zero-order valence-corrected chi connectivity index (χ0v) is 18.1. The molecule has 1 saturated carbocycles. The summed E-state index contributed by atoms with van der Waals surface area (Å²) in [5.74, 6) is 0.0643. The number of aromatic nitrogens is 3. The molecule has 2 fully saturated rings.